The normalized spacial score (nSPS) is 15.5. The predicted molar refractivity (Wildman–Crippen MR) is 176 cm³/mol. The van der Waals surface area contributed by atoms with E-state index in [1.165, 1.54) is 0 Å². The van der Waals surface area contributed by atoms with Crippen LogP contribution < -0.4 is 15.8 Å². The van der Waals surface area contributed by atoms with E-state index in [9.17, 15) is 14.4 Å². The van der Waals surface area contributed by atoms with Gasteiger partial charge in [-0.25, -0.2) is 4.98 Å². The summed E-state index contributed by atoms with van der Waals surface area (Å²) >= 11 is 0. The molecule has 0 bridgehead atoms. The van der Waals surface area contributed by atoms with Gasteiger partial charge >= 0.3 is 0 Å². The number of nitrogens with zero attached hydrogens (tertiary/aromatic N) is 4. The molecule has 0 spiro atoms. The molecule has 1 unspecified atom stereocenters. The maximum atomic E-state index is 13.8. The quantitative estimate of drug-likeness (QED) is 0.292. The van der Waals surface area contributed by atoms with Crippen LogP contribution in [0.1, 0.15) is 73.4 Å². The van der Waals surface area contributed by atoms with E-state index in [-0.39, 0.29) is 41.9 Å². The number of hydrogen-bond acceptors (Lipinski definition) is 5. The zero-order valence-corrected chi connectivity index (χ0v) is 27.1. The lowest BCUT2D eigenvalue weighted by atomic mass is 9.98. The zero-order valence-electron chi connectivity index (χ0n) is 27.1. The molecule has 0 aliphatic carbocycles. The Bertz CT molecular complexity index is 1770. The van der Waals surface area contributed by atoms with Crippen LogP contribution in [-0.2, 0) is 11.3 Å². The molecular formula is C35H44N6O3. The molecule has 2 N–H and O–H groups in total. The number of carbonyl (C=O) groups is 2. The van der Waals surface area contributed by atoms with Crippen molar-refractivity contribution in [3.63, 3.8) is 0 Å². The molecule has 0 saturated carbocycles. The maximum Gasteiger partial charge on any atom is 0.253 e. The molecule has 4 aromatic rings. The molecule has 4 heterocycles. The Kier molecular flexibility index (Phi) is 8.68. The van der Waals surface area contributed by atoms with Crippen molar-refractivity contribution >= 4 is 28.5 Å². The van der Waals surface area contributed by atoms with Gasteiger partial charge in [0.2, 0.25) is 5.91 Å². The Morgan fingerprint density at radius 2 is 1.77 bits per heavy atom. The molecule has 1 atom stereocenters. The van der Waals surface area contributed by atoms with Crippen molar-refractivity contribution in [3.05, 3.63) is 81.0 Å². The van der Waals surface area contributed by atoms with E-state index < -0.39 is 0 Å². The number of hydrogen-bond donors (Lipinski definition) is 2. The minimum atomic E-state index is -0.229. The smallest absolute Gasteiger partial charge is 0.253 e. The minimum Gasteiger partial charge on any atom is -0.350 e. The molecular weight excluding hydrogens is 552 g/mol. The van der Waals surface area contributed by atoms with Crippen LogP contribution in [0.25, 0.3) is 22.0 Å². The SMILES string of the molecule is Cc1cc(C)c(CNC(=O)c2cc(-c3ccc(N4CCN(C(=O)C(C)C)CC4C)nc3)cc3c2c(C)cn3C(C)C)c(=O)[nH]1. The van der Waals surface area contributed by atoms with Crippen molar-refractivity contribution in [3.8, 4) is 11.1 Å². The average Bonchev–Trinajstić information content (AvgIpc) is 3.32. The number of nitrogens with one attached hydrogen (secondary N) is 2. The summed E-state index contributed by atoms with van der Waals surface area (Å²) in [6, 6.07) is 10.4. The summed E-state index contributed by atoms with van der Waals surface area (Å²) in [5.74, 6) is 0.827. The van der Waals surface area contributed by atoms with Gasteiger partial charge in [0.05, 0.1) is 0 Å². The number of anilines is 1. The average molecular weight is 597 g/mol. The van der Waals surface area contributed by atoms with Gasteiger partial charge in [-0.2, -0.15) is 0 Å². The predicted octanol–water partition coefficient (Wildman–Crippen LogP) is 5.52. The lowest BCUT2D eigenvalue weighted by Crippen LogP contribution is -2.54. The number of aromatic amines is 1. The first kappa shape index (κ1) is 31.0. The number of aromatic nitrogens is 3. The van der Waals surface area contributed by atoms with Gasteiger partial charge in [0.1, 0.15) is 5.82 Å². The fraction of sp³-hybridized carbons (Fsp3) is 0.429. The Balaban J connectivity index is 1.46. The highest BCUT2D eigenvalue weighted by atomic mass is 16.2. The van der Waals surface area contributed by atoms with Gasteiger partial charge in [-0.05, 0) is 88.6 Å². The number of amides is 2. The van der Waals surface area contributed by atoms with Gasteiger partial charge in [-0.1, -0.05) is 13.8 Å². The molecule has 1 aliphatic heterocycles. The van der Waals surface area contributed by atoms with E-state index in [0.29, 0.717) is 24.2 Å². The molecule has 1 aromatic carbocycles. The second kappa shape index (κ2) is 12.3. The molecule has 5 rings (SSSR count). The van der Waals surface area contributed by atoms with Crippen LogP contribution in [0.2, 0.25) is 0 Å². The molecule has 9 nitrogen and oxygen atoms in total. The summed E-state index contributed by atoms with van der Waals surface area (Å²) in [4.78, 5) is 50.7. The number of H-pyrrole nitrogens is 1. The topological polar surface area (TPSA) is 103 Å². The van der Waals surface area contributed by atoms with Crippen molar-refractivity contribution in [1.82, 2.24) is 24.8 Å². The van der Waals surface area contributed by atoms with Crippen molar-refractivity contribution in [2.75, 3.05) is 24.5 Å². The third kappa shape index (κ3) is 6.00. The van der Waals surface area contributed by atoms with Gasteiger partial charge in [0, 0.05) is 89.9 Å². The van der Waals surface area contributed by atoms with Gasteiger partial charge < -0.3 is 24.7 Å². The minimum absolute atomic E-state index is 0.00885. The van der Waals surface area contributed by atoms with Gasteiger partial charge in [-0.15, -0.1) is 0 Å². The number of rotatable bonds is 7. The molecule has 44 heavy (non-hydrogen) atoms. The number of aryl methyl sites for hydroxylation is 3. The number of carbonyl (C=O) groups excluding carboxylic acids is 2. The lowest BCUT2D eigenvalue weighted by Gasteiger charge is -2.41. The van der Waals surface area contributed by atoms with E-state index in [1.54, 1.807) is 0 Å². The van der Waals surface area contributed by atoms with Crippen LogP contribution in [0.3, 0.4) is 0 Å². The van der Waals surface area contributed by atoms with Crippen molar-refractivity contribution in [2.45, 2.75) is 74.0 Å². The lowest BCUT2D eigenvalue weighted by molar-refractivity contribution is -0.135. The van der Waals surface area contributed by atoms with E-state index in [0.717, 1.165) is 51.2 Å². The molecule has 0 radical (unpaired) electrons. The van der Waals surface area contributed by atoms with Gasteiger partial charge in [-0.3, -0.25) is 14.4 Å². The number of fused-ring (bicyclic) bond motifs is 1. The molecule has 3 aromatic heterocycles. The van der Waals surface area contributed by atoms with Crippen LogP contribution in [0.15, 0.2) is 47.5 Å². The van der Waals surface area contributed by atoms with Gasteiger partial charge in [0.15, 0.2) is 0 Å². The third-order valence-electron chi connectivity index (χ3n) is 8.65. The Morgan fingerprint density at radius 3 is 2.39 bits per heavy atom. The first-order chi connectivity index (χ1) is 20.8. The molecule has 9 heteroatoms. The van der Waals surface area contributed by atoms with Crippen LogP contribution in [0.4, 0.5) is 5.82 Å². The van der Waals surface area contributed by atoms with E-state index in [1.807, 2.05) is 70.0 Å². The van der Waals surface area contributed by atoms with Crippen molar-refractivity contribution in [1.29, 1.82) is 0 Å². The molecule has 1 aliphatic rings. The Labute approximate surface area is 259 Å². The number of benzene rings is 1. The van der Waals surface area contributed by atoms with E-state index in [4.69, 9.17) is 4.98 Å². The fourth-order valence-electron chi connectivity index (χ4n) is 6.32. The summed E-state index contributed by atoms with van der Waals surface area (Å²) in [7, 11) is 0. The van der Waals surface area contributed by atoms with Crippen molar-refractivity contribution < 1.29 is 9.59 Å². The van der Waals surface area contributed by atoms with Crippen LogP contribution >= 0.6 is 0 Å². The summed E-state index contributed by atoms with van der Waals surface area (Å²) in [6.07, 6.45) is 3.96. The Morgan fingerprint density at radius 1 is 1.02 bits per heavy atom. The summed E-state index contributed by atoms with van der Waals surface area (Å²) in [5.41, 5.74) is 6.38. The monoisotopic (exact) mass is 596 g/mol. The second-order valence-electron chi connectivity index (χ2n) is 12.7. The van der Waals surface area contributed by atoms with Crippen molar-refractivity contribution in [2.24, 2.45) is 5.92 Å². The summed E-state index contributed by atoms with van der Waals surface area (Å²) in [5, 5.41) is 3.91. The largest absolute Gasteiger partial charge is 0.350 e. The standard InChI is InChI=1S/C35H44N6O3/c1-20(2)35(44)39-11-12-40(25(8)19-39)31-10-9-26(16-36-31)27-14-28(32-23(6)18-41(21(3)4)30(32)15-27)33(42)37-17-29-22(5)13-24(7)38-34(29)43/h9-10,13-16,18,20-21,25H,11-12,17,19H2,1-8H3,(H,37,42)(H,38,43). The second-order valence-corrected chi connectivity index (χ2v) is 12.7. The highest BCUT2D eigenvalue weighted by Crippen LogP contribution is 2.33. The maximum absolute atomic E-state index is 13.8. The molecule has 1 saturated heterocycles. The summed E-state index contributed by atoms with van der Waals surface area (Å²) < 4.78 is 2.20. The van der Waals surface area contributed by atoms with Crippen LogP contribution in [0, 0.1) is 26.7 Å². The van der Waals surface area contributed by atoms with Crippen LogP contribution in [-0.4, -0.2) is 56.9 Å². The van der Waals surface area contributed by atoms with E-state index >= 15 is 0 Å². The number of pyridine rings is 2. The summed E-state index contributed by atoms with van der Waals surface area (Å²) in [6.45, 7) is 18.3. The third-order valence-corrected chi connectivity index (χ3v) is 8.65. The Hall–Kier alpha value is -4.40. The number of piperazine rings is 1. The molecule has 232 valence electrons. The molecule has 1 fully saturated rings. The van der Waals surface area contributed by atoms with Gasteiger partial charge in [0.25, 0.3) is 11.5 Å². The van der Waals surface area contributed by atoms with E-state index in [2.05, 4.69) is 52.8 Å². The highest BCUT2D eigenvalue weighted by Gasteiger charge is 2.28. The highest BCUT2D eigenvalue weighted by molar-refractivity contribution is 6.09. The van der Waals surface area contributed by atoms with Crippen LogP contribution in [0.5, 0.6) is 0 Å². The first-order valence-corrected chi connectivity index (χ1v) is 15.5. The zero-order chi connectivity index (χ0) is 31.9. The fourth-order valence-corrected chi connectivity index (χ4v) is 6.32. The first-order valence-electron chi connectivity index (χ1n) is 15.5. The molecule has 2 amide bonds.